The Kier molecular flexibility index (Phi) is 7.81. The minimum Gasteiger partial charge on any atom is -0.497 e. The Bertz CT molecular complexity index is 1090. The van der Waals surface area contributed by atoms with Crippen LogP contribution < -0.4 is 10.1 Å². The number of aromatic nitrogens is 3. The molecule has 0 atom stereocenters. The van der Waals surface area contributed by atoms with Gasteiger partial charge in [-0.2, -0.15) is 0 Å². The molecule has 0 aliphatic heterocycles. The van der Waals surface area contributed by atoms with Crippen LogP contribution in [0.15, 0.2) is 54.7 Å². The molecular weight excluding hydrogens is 419 g/mol. The first-order chi connectivity index (χ1) is 13.5. The van der Waals surface area contributed by atoms with Gasteiger partial charge < -0.3 is 14.6 Å². The van der Waals surface area contributed by atoms with Crippen LogP contribution in [0, 0.1) is 0 Å². The van der Waals surface area contributed by atoms with Crippen molar-refractivity contribution in [1.82, 2.24) is 19.3 Å². The Morgan fingerprint density at radius 1 is 1.00 bits per heavy atom. The topological polar surface area (TPSA) is 43.5 Å². The molecule has 162 valence electrons. The van der Waals surface area contributed by atoms with Gasteiger partial charge in [-0.1, -0.05) is 12.1 Å². The van der Waals surface area contributed by atoms with Crippen molar-refractivity contribution in [3.8, 4) is 17.0 Å². The number of ether oxygens (including phenoxy) is 1. The number of hydrogen-bond acceptors (Lipinski definition) is 3. The SMILES string of the molecule is COc1ccc(-c2cn3c4ccccc4nc3n2CCCNC(C)(C)C)cc1.Cl.Cl. The highest BCUT2D eigenvalue weighted by molar-refractivity contribution is 5.85. The molecular formula is C23H30Cl2N4O. The number of aryl methyl sites for hydroxylation is 1. The van der Waals surface area contributed by atoms with Crippen molar-refractivity contribution in [2.45, 2.75) is 39.3 Å². The van der Waals surface area contributed by atoms with Crippen LogP contribution in [0.1, 0.15) is 27.2 Å². The number of para-hydroxylation sites is 2. The molecule has 2 aromatic heterocycles. The summed E-state index contributed by atoms with van der Waals surface area (Å²) in [5.41, 5.74) is 4.64. The predicted molar refractivity (Wildman–Crippen MR) is 130 cm³/mol. The lowest BCUT2D eigenvalue weighted by Crippen LogP contribution is -2.36. The Hall–Kier alpha value is -2.21. The van der Waals surface area contributed by atoms with Crippen molar-refractivity contribution in [2.24, 2.45) is 0 Å². The zero-order chi connectivity index (χ0) is 19.7. The fraction of sp³-hybridized carbons (Fsp3) is 0.348. The molecule has 1 N–H and O–H groups in total. The summed E-state index contributed by atoms with van der Waals surface area (Å²) in [6.45, 7) is 8.47. The van der Waals surface area contributed by atoms with Crippen LogP contribution in [0.25, 0.3) is 28.1 Å². The second kappa shape index (κ2) is 9.73. The zero-order valence-corrected chi connectivity index (χ0v) is 19.5. The quantitative estimate of drug-likeness (QED) is 0.391. The minimum atomic E-state index is 0. The van der Waals surface area contributed by atoms with Crippen LogP contribution in [-0.4, -0.2) is 33.1 Å². The smallest absolute Gasteiger partial charge is 0.215 e. The molecule has 0 aliphatic rings. The van der Waals surface area contributed by atoms with Crippen LogP contribution in [0.5, 0.6) is 5.75 Å². The van der Waals surface area contributed by atoms with E-state index in [4.69, 9.17) is 9.72 Å². The maximum atomic E-state index is 5.32. The third kappa shape index (κ3) is 4.91. The number of methoxy groups -OCH3 is 1. The summed E-state index contributed by atoms with van der Waals surface area (Å²) in [4.78, 5) is 4.90. The predicted octanol–water partition coefficient (Wildman–Crippen LogP) is 5.59. The van der Waals surface area contributed by atoms with Gasteiger partial charge in [-0.25, -0.2) is 4.98 Å². The minimum absolute atomic E-state index is 0. The van der Waals surface area contributed by atoms with Crippen LogP contribution in [0.2, 0.25) is 0 Å². The van der Waals surface area contributed by atoms with Gasteiger partial charge in [-0.05, 0) is 70.1 Å². The summed E-state index contributed by atoms with van der Waals surface area (Å²) in [7, 11) is 1.69. The first kappa shape index (κ1) is 24.1. The van der Waals surface area contributed by atoms with E-state index in [2.05, 4.69) is 71.6 Å². The Balaban J connectivity index is 0.00000160. The highest BCUT2D eigenvalue weighted by Crippen LogP contribution is 2.28. The highest BCUT2D eigenvalue weighted by Gasteiger charge is 2.16. The molecule has 0 spiro atoms. The van der Waals surface area contributed by atoms with E-state index in [1.807, 2.05) is 18.2 Å². The van der Waals surface area contributed by atoms with E-state index in [1.54, 1.807) is 7.11 Å². The highest BCUT2D eigenvalue weighted by atomic mass is 35.5. The lowest BCUT2D eigenvalue weighted by Gasteiger charge is -2.20. The zero-order valence-electron chi connectivity index (χ0n) is 17.9. The molecule has 4 aromatic rings. The van der Waals surface area contributed by atoms with Gasteiger partial charge in [0.15, 0.2) is 0 Å². The van der Waals surface area contributed by atoms with Gasteiger partial charge in [0.25, 0.3) is 0 Å². The Morgan fingerprint density at radius 3 is 2.37 bits per heavy atom. The second-order valence-electron chi connectivity index (χ2n) is 8.20. The number of halogens is 2. The molecule has 0 fully saturated rings. The first-order valence-electron chi connectivity index (χ1n) is 9.82. The Labute approximate surface area is 190 Å². The van der Waals surface area contributed by atoms with Gasteiger partial charge in [0.2, 0.25) is 5.78 Å². The molecule has 0 saturated heterocycles. The maximum absolute atomic E-state index is 5.32. The van der Waals surface area contributed by atoms with Crippen molar-refractivity contribution < 1.29 is 4.74 Å². The molecule has 5 nitrogen and oxygen atoms in total. The molecule has 2 aromatic carbocycles. The standard InChI is InChI=1S/C23H28N4O.2ClH/c1-23(2,3)24-14-7-15-26-21(17-10-12-18(28-4)13-11-17)16-27-20-9-6-5-8-19(20)25-22(26)27;;/h5-6,8-13,16,24H,7,14-15H2,1-4H3;2*1H. The number of nitrogens with zero attached hydrogens (tertiary/aromatic N) is 3. The average Bonchev–Trinajstić information content (AvgIpc) is 3.21. The van der Waals surface area contributed by atoms with Gasteiger partial charge in [0, 0.05) is 23.8 Å². The summed E-state index contributed by atoms with van der Waals surface area (Å²) in [6, 6.07) is 16.5. The number of rotatable bonds is 6. The number of hydrogen-bond donors (Lipinski definition) is 1. The molecule has 7 heteroatoms. The van der Waals surface area contributed by atoms with E-state index in [0.29, 0.717) is 0 Å². The molecule has 0 unspecified atom stereocenters. The largest absolute Gasteiger partial charge is 0.497 e. The molecule has 0 aliphatic carbocycles. The van der Waals surface area contributed by atoms with E-state index in [-0.39, 0.29) is 30.4 Å². The average molecular weight is 449 g/mol. The number of fused-ring (bicyclic) bond motifs is 3. The van der Waals surface area contributed by atoms with E-state index in [9.17, 15) is 0 Å². The van der Waals surface area contributed by atoms with Gasteiger partial charge >= 0.3 is 0 Å². The van der Waals surface area contributed by atoms with E-state index >= 15 is 0 Å². The van der Waals surface area contributed by atoms with Crippen molar-refractivity contribution >= 4 is 41.6 Å². The Morgan fingerprint density at radius 2 is 1.70 bits per heavy atom. The number of benzene rings is 2. The summed E-state index contributed by atoms with van der Waals surface area (Å²) in [5, 5.41) is 3.58. The molecule has 2 heterocycles. The molecule has 0 radical (unpaired) electrons. The van der Waals surface area contributed by atoms with Crippen molar-refractivity contribution in [2.75, 3.05) is 13.7 Å². The van der Waals surface area contributed by atoms with Crippen LogP contribution >= 0.6 is 24.8 Å². The number of imidazole rings is 2. The second-order valence-corrected chi connectivity index (χ2v) is 8.20. The summed E-state index contributed by atoms with van der Waals surface area (Å²) >= 11 is 0. The van der Waals surface area contributed by atoms with Crippen molar-refractivity contribution in [3.05, 3.63) is 54.7 Å². The molecule has 4 rings (SSSR count). The van der Waals surface area contributed by atoms with E-state index < -0.39 is 0 Å². The third-order valence-corrected chi connectivity index (χ3v) is 4.96. The fourth-order valence-electron chi connectivity index (χ4n) is 3.56. The summed E-state index contributed by atoms with van der Waals surface area (Å²) in [6.07, 6.45) is 3.23. The molecule has 0 saturated carbocycles. The van der Waals surface area contributed by atoms with Gasteiger partial charge in [-0.3, -0.25) is 4.40 Å². The molecule has 30 heavy (non-hydrogen) atoms. The van der Waals surface area contributed by atoms with Crippen LogP contribution in [-0.2, 0) is 6.54 Å². The van der Waals surface area contributed by atoms with Gasteiger partial charge in [0.1, 0.15) is 5.75 Å². The third-order valence-electron chi connectivity index (χ3n) is 4.96. The van der Waals surface area contributed by atoms with Crippen molar-refractivity contribution in [1.29, 1.82) is 0 Å². The summed E-state index contributed by atoms with van der Waals surface area (Å²) in [5.74, 6) is 1.86. The van der Waals surface area contributed by atoms with Crippen LogP contribution in [0.4, 0.5) is 0 Å². The first-order valence-corrected chi connectivity index (χ1v) is 9.82. The molecule has 0 bridgehead atoms. The number of nitrogens with one attached hydrogen (secondary N) is 1. The van der Waals surface area contributed by atoms with Gasteiger partial charge in [0.05, 0.1) is 23.8 Å². The maximum Gasteiger partial charge on any atom is 0.215 e. The molecule has 0 amide bonds. The lowest BCUT2D eigenvalue weighted by molar-refractivity contribution is 0.414. The fourth-order valence-corrected chi connectivity index (χ4v) is 3.56. The normalized spacial score (nSPS) is 11.3. The monoisotopic (exact) mass is 448 g/mol. The van der Waals surface area contributed by atoms with Crippen molar-refractivity contribution in [3.63, 3.8) is 0 Å². The van der Waals surface area contributed by atoms with E-state index in [1.165, 1.54) is 11.3 Å². The van der Waals surface area contributed by atoms with Gasteiger partial charge in [-0.15, -0.1) is 24.8 Å². The summed E-state index contributed by atoms with van der Waals surface area (Å²) < 4.78 is 9.84. The van der Waals surface area contributed by atoms with Crippen LogP contribution in [0.3, 0.4) is 0 Å². The van der Waals surface area contributed by atoms with E-state index in [0.717, 1.165) is 42.1 Å². The lowest BCUT2D eigenvalue weighted by atomic mass is 10.1.